The molecule has 5 heteroatoms. The number of aryl methyl sites for hydroxylation is 2. The Hall–Kier alpha value is -3.21. The number of nitrogens with one attached hydrogen (secondary N) is 2. The number of para-hydroxylation sites is 1. The van der Waals surface area contributed by atoms with E-state index in [1.807, 2.05) is 36.4 Å². The number of carbonyl (C=O) groups is 1. The van der Waals surface area contributed by atoms with Gasteiger partial charge in [-0.05, 0) is 42.2 Å². The van der Waals surface area contributed by atoms with Crippen LogP contribution < -0.4 is 10.6 Å². The summed E-state index contributed by atoms with van der Waals surface area (Å²) in [6.07, 6.45) is 2.44. The Morgan fingerprint density at radius 2 is 1.73 bits per heavy atom. The molecule has 0 saturated carbocycles. The van der Waals surface area contributed by atoms with Crippen molar-refractivity contribution >= 4 is 17.5 Å². The predicted molar refractivity (Wildman–Crippen MR) is 104 cm³/mol. The second-order valence-electron chi connectivity index (χ2n) is 6.01. The minimum Gasteiger partial charge on any atom is -0.350 e. The second-order valence-corrected chi connectivity index (χ2v) is 6.01. The maximum absolute atomic E-state index is 12.5. The Labute approximate surface area is 153 Å². The minimum atomic E-state index is -0.243. The normalized spacial score (nSPS) is 10.4. The lowest BCUT2D eigenvalue weighted by molar-refractivity contribution is 0.102. The fraction of sp³-hybridized carbons (Fsp3) is 0.190. The number of rotatable bonds is 6. The molecule has 5 nitrogen and oxygen atoms in total. The highest BCUT2D eigenvalue weighted by Gasteiger charge is 2.11. The Morgan fingerprint density at radius 3 is 2.50 bits per heavy atom. The number of aromatic nitrogens is 2. The molecular weight excluding hydrogens is 324 g/mol. The lowest BCUT2D eigenvalue weighted by Crippen LogP contribution is -2.16. The molecule has 0 saturated heterocycles. The summed E-state index contributed by atoms with van der Waals surface area (Å²) in [5.74, 6) is 0.192. The van der Waals surface area contributed by atoms with Crippen LogP contribution in [0.25, 0.3) is 0 Å². The molecule has 0 atom stereocenters. The van der Waals surface area contributed by atoms with Gasteiger partial charge in [0.25, 0.3) is 5.91 Å². The van der Waals surface area contributed by atoms with Crippen LogP contribution in [0.2, 0.25) is 0 Å². The van der Waals surface area contributed by atoms with Crippen LogP contribution in [0.1, 0.15) is 34.1 Å². The Kier molecular flexibility index (Phi) is 5.59. The Balaban J connectivity index is 1.70. The monoisotopic (exact) mass is 346 g/mol. The van der Waals surface area contributed by atoms with Crippen molar-refractivity contribution in [3.05, 3.63) is 83.2 Å². The van der Waals surface area contributed by atoms with Crippen LogP contribution in [0.15, 0.2) is 60.8 Å². The van der Waals surface area contributed by atoms with E-state index in [1.54, 1.807) is 12.3 Å². The van der Waals surface area contributed by atoms with Gasteiger partial charge in [-0.25, -0.2) is 9.97 Å². The summed E-state index contributed by atoms with van der Waals surface area (Å²) in [6, 6.07) is 17.5. The fourth-order valence-corrected chi connectivity index (χ4v) is 2.69. The quantitative estimate of drug-likeness (QED) is 0.701. The summed E-state index contributed by atoms with van der Waals surface area (Å²) in [5.41, 5.74) is 4.60. The molecule has 0 aliphatic heterocycles. The molecular formula is C21H22N4O. The fourth-order valence-electron chi connectivity index (χ4n) is 2.69. The number of anilines is 2. The first-order valence-electron chi connectivity index (χ1n) is 8.68. The van der Waals surface area contributed by atoms with Gasteiger partial charge in [-0.2, -0.15) is 0 Å². The zero-order valence-corrected chi connectivity index (χ0v) is 15.0. The van der Waals surface area contributed by atoms with Crippen molar-refractivity contribution in [2.24, 2.45) is 0 Å². The number of carbonyl (C=O) groups excluding carboxylic acids is 1. The first-order chi connectivity index (χ1) is 12.7. The van der Waals surface area contributed by atoms with Gasteiger partial charge in [0.05, 0.1) is 0 Å². The Bertz CT molecular complexity index is 908. The van der Waals surface area contributed by atoms with Crippen LogP contribution in [0, 0.1) is 6.92 Å². The van der Waals surface area contributed by atoms with Gasteiger partial charge in [-0.3, -0.25) is 4.79 Å². The smallest absolute Gasteiger partial charge is 0.274 e. The first kappa shape index (κ1) is 17.6. The molecule has 1 amide bonds. The van der Waals surface area contributed by atoms with Crippen molar-refractivity contribution in [1.29, 1.82) is 0 Å². The molecule has 0 fully saturated rings. The highest BCUT2D eigenvalue weighted by molar-refractivity contribution is 6.03. The van der Waals surface area contributed by atoms with Gasteiger partial charge in [0.15, 0.2) is 0 Å². The molecule has 1 aromatic heterocycles. The molecule has 0 radical (unpaired) electrons. The molecule has 3 rings (SSSR count). The molecule has 26 heavy (non-hydrogen) atoms. The molecule has 0 spiro atoms. The Morgan fingerprint density at radius 1 is 1.00 bits per heavy atom. The van der Waals surface area contributed by atoms with E-state index >= 15 is 0 Å². The molecule has 3 aromatic rings. The van der Waals surface area contributed by atoms with E-state index in [-0.39, 0.29) is 5.91 Å². The van der Waals surface area contributed by atoms with E-state index in [2.05, 4.69) is 46.6 Å². The van der Waals surface area contributed by atoms with Crippen LogP contribution >= 0.6 is 0 Å². The SMILES string of the molecule is CCc1ccccc1NC(=O)c1ccnc(NCc2ccccc2C)n1. The van der Waals surface area contributed by atoms with E-state index in [4.69, 9.17) is 0 Å². The lowest BCUT2D eigenvalue weighted by atomic mass is 10.1. The third kappa shape index (κ3) is 4.25. The average Bonchev–Trinajstić information content (AvgIpc) is 2.68. The molecule has 0 bridgehead atoms. The highest BCUT2D eigenvalue weighted by Crippen LogP contribution is 2.16. The molecule has 0 aliphatic carbocycles. The van der Waals surface area contributed by atoms with Crippen LogP contribution in [0.4, 0.5) is 11.6 Å². The molecule has 0 aliphatic rings. The van der Waals surface area contributed by atoms with E-state index in [0.29, 0.717) is 18.2 Å². The van der Waals surface area contributed by atoms with Crippen molar-refractivity contribution in [2.75, 3.05) is 10.6 Å². The van der Waals surface area contributed by atoms with Gasteiger partial charge in [0, 0.05) is 18.4 Å². The minimum absolute atomic E-state index is 0.243. The van der Waals surface area contributed by atoms with E-state index in [1.165, 1.54) is 11.1 Å². The molecule has 132 valence electrons. The number of nitrogens with zero attached hydrogens (tertiary/aromatic N) is 2. The first-order valence-corrected chi connectivity index (χ1v) is 8.68. The largest absolute Gasteiger partial charge is 0.350 e. The van der Waals surface area contributed by atoms with Crippen molar-refractivity contribution in [3.8, 4) is 0 Å². The van der Waals surface area contributed by atoms with Gasteiger partial charge >= 0.3 is 0 Å². The van der Waals surface area contributed by atoms with Gasteiger partial charge in [0.1, 0.15) is 5.69 Å². The molecule has 2 N–H and O–H groups in total. The summed E-state index contributed by atoms with van der Waals surface area (Å²) < 4.78 is 0. The van der Waals surface area contributed by atoms with Crippen molar-refractivity contribution in [1.82, 2.24) is 9.97 Å². The van der Waals surface area contributed by atoms with E-state index in [9.17, 15) is 4.79 Å². The summed E-state index contributed by atoms with van der Waals surface area (Å²) in [4.78, 5) is 21.1. The van der Waals surface area contributed by atoms with Crippen LogP contribution in [0.3, 0.4) is 0 Å². The number of benzene rings is 2. The van der Waals surface area contributed by atoms with Crippen LogP contribution in [-0.2, 0) is 13.0 Å². The molecule has 2 aromatic carbocycles. The lowest BCUT2D eigenvalue weighted by Gasteiger charge is -2.10. The third-order valence-electron chi connectivity index (χ3n) is 4.23. The molecule has 1 heterocycles. The van der Waals surface area contributed by atoms with Crippen LogP contribution in [-0.4, -0.2) is 15.9 Å². The third-order valence-corrected chi connectivity index (χ3v) is 4.23. The summed E-state index contributed by atoms with van der Waals surface area (Å²) in [5, 5.41) is 6.11. The maximum Gasteiger partial charge on any atom is 0.274 e. The van der Waals surface area contributed by atoms with Gasteiger partial charge in [0.2, 0.25) is 5.95 Å². The average molecular weight is 346 g/mol. The molecule has 0 unspecified atom stereocenters. The maximum atomic E-state index is 12.5. The topological polar surface area (TPSA) is 66.9 Å². The van der Waals surface area contributed by atoms with Gasteiger partial charge in [-0.15, -0.1) is 0 Å². The highest BCUT2D eigenvalue weighted by atomic mass is 16.1. The summed E-state index contributed by atoms with van der Waals surface area (Å²) in [7, 11) is 0. The number of hydrogen-bond acceptors (Lipinski definition) is 4. The zero-order valence-electron chi connectivity index (χ0n) is 15.0. The van der Waals surface area contributed by atoms with E-state index in [0.717, 1.165) is 17.7 Å². The number of amides is 1. The van der Waals surface area contributed by atoms with Gasteiger partial charge in [-0.1, -0.05) is 49.4 Å². The second kappa shape index (κ2) is 8.25. The van der Waals surface area contributed by atoms with E-state index < -0.39 is 0 Å². The summed E-state index contributed by atoms with van der Waals surface area (Å²) >= 11 is 0. The van der Waals surface area contributed by atoms with Crippen molar-refractivity contribution in [3.63, 3.8) is 0 Å². The predicted octanol–water partition coefficient (Wildman–Crippen LogP) is 4.21. The summed E-state index contributed by atoms with van der Waals surface area (Å²) in [6.45, 7) is 4.73. The number of hydrogen-bond donors (Lipinski definition) is 2. The van der Waals surface area contributed by atoms with Crippen molar-refractivity contribution in [2.45, 2.75) is 26.8 Å². The van der Waals surface area contributed by atoms with Gasteiger partial charge < -0.3 is 10.6 Å². The van der Waals surface area contributed by atoms with Crippen molar-refractivity contribution < 1.29 is 4.79 Å². The zero-order chi connectivity index (χ0) is 18.4. The van der Waals surface area contributed by atoms with Crippen LogP contribution in [0.5, 0.6) is 0 Å². The standard InChI is InChI=1S/C21H22N4O/c1-3-16-9-6-7-11-18(16)24-20(26)19-12-13-22-21(25-19)23-14-17-10-5-4-8-15(17)2/h4-13H,3,14H2,1-2H3,(H,24,26)(H,22,23,25).